The van der Waals surface area contributed by atoms with E-state index in [1.165, 1.54) is 40.1 Å². The molecule has 1 aliphatic heterocycles. The Morgan fingerprint density at radius 2 is 1.84 bits per heavy atom. The highest BCUT2D eigenvalue weighted by molar-refractivity contribution is 7.90. The molecule has 1 atom stereocenters. The first-order valence-electron chi connectivity index (χ1n) is 13.2. The number of hydrogen-bond donors (Lipinski definition) is 2. The van der Waals surface area contributed by atoms with Gasteiger partial charge in [0, 0.05) is 32.3 Å². The third kappa shape index (κ3) is 5.48. The summed E-state index contributed by atoms with van der Waals surface area (Å²) in [6.45, 7) is 3.64. The third-order valence-electron chi connectivity index (χ3n) is 7.21. The van der Waals surface area contributed by atoms with Gasteiger partial charge in [0.1, 0.15) is 23.1 Å². The smallest absolute Gasteiger partial charge is 0.355 e. The number of hydrogen-bond acceptors (Lipinski definition) is 9. The number of pyridine rings is 1. The largest absolute Gasteiger partial charge is 0.507 e. The number of sulfone groups is 1. The number of carbonyl (C=O) groups is 2. The molecule has 44 heavy (non-hydrogen) atoms. The lowest BCUT2D eigenvalue weighted by Crippen LogP contribution is -2.56. The molecule has 5 rings (SSSR count). The Balaban J connectivity index is 1.85. The summed E-state index contributed by atoms with van der Waals surface area (Å²) in [5.74, 6) is -3.94. The van der Waals surface area contributed by atoms with E-state index in [2.05, 4.69) is 16.5 Å². The van der Waals surface area contributed by atoms with Crippen LogP contribution in [0.4, 0.5) is 14.6 Å². The topological polar surface area (TPSA) is 169 Å². The standard InChI is InChI=1S/C29H26F2N6O6S/c1-3-24(40)35-11-12-36(16(15-35)13-23(32)39)27-17-14-19(31)26(25-18(30)7-6-9-21(25)38)33-28(17)37(29(41)34-27)20-8-4-5-10-22(20)44(2,42)43/h3-10,14,16,38H,1,11-13,15H2,2H3,(H2,32,39)/t16-/m1/s1. The number of benzene rings is 2. The van der Waals surface area contributed by atoms with Gasteiger partial charge >= 0.3 is 5.69 Å². The minimum Gasteiger partial charge on any atom is -0.507 e. The molecule has 1 fully saturated rings. The van der Waals surface area contributed by atoms with Crippen LogP contribution in [0.3, 0.4) is 0 Å². The summed E-state index contributed by atoms with van der Waals surface area (Å²) in [6.07, 6.45) is 1.79. The van der Waals surface area contributed by atoms with Gasteiger partial charge in [0.05, 0.1) is 27.6 Å². The summed E-state index contributed by atoms with van der Waals surface area (Å²) in [5, 5.41) is 10.3. The predicted octanol–water partition coefficient (Wildman–Crippen LogP) is 1.91. The normalized spacial score (nSPS) is 15.4. The third-order valence-corrected chi connectivity index (χ3v) is 8.36. The minimum atomic E-state index is -3.92. The van der Waals surface area contributed by atoms with E-state index in [1.807, 2.05) is 0 Å². The van der Waals surface area contributed by atoms with Crippen molar-refractivity contribution >= 4 is 38.5 Å². The molecule has 1 saturated heterocycles. The number of fused-ring (bicyclic) bond motifs is 1. The van der Waals surface area contributed by atoms with Gasteiger partial charge in [0.15, 0.2) is 21.3 Å². The van der Waals surface area contributed by atoms with E-state index in [4.69, 9.17) is 5.73 Å². The summed E-state index contributed by atoms with van der Waals surface area (Å²) < 4.78 is 57.0. The molecule has 15 heteroatoms. The van der Waals surface area contributed by atoms with Crippen LogP contribution in [-0.2, 0) is 19.4 Å². The lowest BCUT2D eigenvalue weighted by molar-refractivity contribution is -0.127. The molecule has 1 aliphatic rings. The fourth-order valence-electron chi connectivity index (χ4n) is 5.29. The molecule has 2 amide bonds. The van der Waals surface area contributed by atoms with Gasteiger partial charge in [0.25, 0.3) is 0 Å². The first-order valence-corrected chi connectivity index (χ1v) is 15.1. The van der Waals surface area contributed by atoms with Crippen molar-refractivity contribution in [1.29, 1.82) is 0 Å². The van der Waals surface area contributed by atoms with Crippen LogP contribution >= 0.6 is 0 Å². The number of nitrogens with two attached hydrogens (primary N) is 1. The van der Waals surface area contributed by atoms with Gasteiger partial charge in [0.2, 0.25) is 11.8 Å². The zero-order valence-corrected chi connectivity index (χ0v) is 24.1. The number of primary amides is 1. The zero-order chi connectivity index (χ0) is 31.9. The Morgan fingerprint density at radius 1 is 1.11 bits per heavy atom. The summed E-state index contributed by atoms with van der Waals surface area (Å²) in [6, 6.07) is 9.00. The van der Waals surface area contributed by atoms with Crippen molar-refractivity contribution in [2.75, 3.05) is 30.8 Å². The molecule has 0 unspecified atom stereocenters. The van der Waals surface area contributed by atoms with Crippen molar-refractivity contribution in [1.82, 2.24) is 19.4 Å². The quantitative estimate of drug-likeness (QED) is 0.292. The molecule has 12 nitrogen and oxygen atoms in total. The van der Waals surface area contributed by atoms with E-state index in [-0.39, 0.29) is 53.5 Å². The fraction of sp³-hybridized carbons (Fsp3) is 0.207. The number of nitrogens with zero attached hydrogens (tertiary/aromatic N) is 5. The molecule has 2 aromatic heterocycles. The monoisotopic (exact) mass is 624 g/mol. The average Bonchev–Trinajstić information content (AvgIpc) is 2.96. The molecule has 0 radical (unpaired) electrons. The Bertz CT molecular complexity index is 2000. The summed E-state index contributed by atoms with van der Waals surface area (Å²) in [4.78, 5) is 49.3. The highest BCUT2D eigenvalue weighted by Crippen LogP contribution is 2.36. The number of phenols is 1. The second-order valence-electron chi connectivity index (χ2n) is 10.1. The molecule has 0 bridgehead atoms. The zero-order valence-electron chi connectivity index (χ0n) is 23.3. The molecule has 3 N–H and O–H groups in total. The van der Waals surface area contributed by atoms with Gasteiger partial charge in [-0.15, -0.1) is 0 Å². The molecule has 0 saturated carbocycles. The van der Waals surface area contributed by atoms with Crippen molar-refractivity contribution in [3.8, 4) is 22.7 Å². The maximum Gasteiger partial charge on any atom is 0.355 e. The van der Waals surface area contributed by atoms with E-state index < -0.39 is 62.0 Å². The number of aromatic nitrogens is 3. The Labute approximate surface area is 249 Å². The van der Waals surface area contributed by atoms with Crippen molar-refractivity contribution in [3.63, 3.8) is 0 Å². The van der Waals surface area contributed by atoms with Gasteiger partial charge < -0.3 is 20.6 Å². The Kier molecular flexibility index (Phi) is 7.90. The van der Waals surface area contributed by atoms with Gasteiger partial charge in [-0.25, -0.2) is 31.5 Å². The maximum absolute atomic E-state index is 15.8. The first kappa shape index (κ1) is 30.3. The number of amides is 2. The van der Waals surface area contributed by atoms with Crippen molar-refractivity contribution in [2.45, 2.75) is 17.4 Å². The van der Waals surface area contributed by atoms with Gasteiger partial charge in [-0.2, -0.15) is 4.98 Å². The van der Waals surface area contributed by atoms with Crippen LogP contribution < -0.4 is 16.3 Å². The fourth-order valence-corrected chi connectivity index (χ4v) is 6.15. The molecule has 0 spiro atoms. The second kappa shape index (κ2) is 11.5. The SMILES string of the molecule is C=CC(=O)N1CCN(c2nc(=O)n(-c3ccccc3S(C)(=O)=O)c3nc(-c4c(O)cccc4F)c(F)cc23)[C@H](CC(N)=O)C1. The lowest BCUT2D eigenvalue weighted by atomic mass is 10.1. The van der Waals surface area contributed by atoms with Gasteiger partial charge in [-0.05, 0) is 36.4 Å². The van der Waals surface area contributed by atoms with Crippen molar-refractivity contribution in [2.24, 2.45) is 5.73 Å². The summed E-state index contributed by atoms with van der Waals surface area (Å²) in [5.41, 5.74) is 2.78. The lowest BCUT2D eigenvalue weighted by Gasteiger charge is -2.41. The molecule has 0 aliphatic carbocycles. The maximum atomic E-state index is 15.8. The molecular formula is C29H26F2N6O6S. The molecule has 228 valence electrons. The van der Waals surface area contributed by atoms with Crippen LogP contribution in [0.2, 0.25) is 0 Å². The van der Waals surface area contributed by atoms with Crippen LogP contribution in [0.5, 0.6) is 5.75 Å². The Morgan fingerprint density at radius 3 is 2.50 bits per heavy atom. The molecule has 3 heterocycles. The van der Waals surface area contributed by atoms with Gasteiger partial charge in [-0.3, -0.25) is 9.59 Å². The number of halogens is 2. The number of phenolic OH excluding ortho intramolecular Hbond substituents is 1. The highest BCUT2D eigenvalue weighted by atomic mass is 32.2. The van der Waals surface area contributed by atoms with E-state index >= 15 is 4.39 Å². The average molecular weight is 625 g/mol. The van der Waals surface area contributed by atoms with E-state index in [1.54, 1.807) is 0 Å². The summed E-state index contributed by atoms with van der Waals surface area (Å²) >= 11 is 0. The second-order valence-corrected chi connectivity index (χ2v) is 12.1. The van der Waals surface area contributed by atoms with E-state index in [0.717, 1.165) is 35.1 Å². The van der Waals surface area contributed by atoms with Crippen LogP contribution in [0.1, 0.15) is 6.42 Å². The van der Waals surface area contributed by atoms with Crippen molar-refractivity contribution in [3.05, 3.63) is 83.3 Å². The summed E-state index contributed by atoms with van der Waals surface area (Å²) in [7, 11) is -3.92. The van der Waals surface area contributed by atoms with Crippen LogP contribution in [-0.4, -0.2) is 76.7 Å². The Hall–Kier alpha value is -5.18. The molecular weight excluding hydrogens is 598 g/mol. The molecule has 4 aromatic rings. The van der Waals surface area contributed by atoms with Crippen LogP contribution in [0, 0.1) is 11.6 Å². The van der Waals surface area contributed by atoms with E-state index in [0.29, 0.717) is 0 Å². The number of carbonyl (C=O) groups excluding carboxylic acids is 2. The number of anilines is 1. The number of rotatable bonds is 7. The first-order chi connectivity index (χ1) is 20.8. The minimum absolute atomic E-state index is 0.00590. The van der Waals surface area contributed by atoms with Crippen LogP contribution in [0.15, 0.2) is 70.9 Å². The highest BCUT2D eigenvalue weighted by Gasteiger charge is 2.34. The van der Waals surface area contributed by atoms with E-state index in [9.17, 15) is 32.3 Å². The van der Waals surface area contributed by atoms with Crippen molar-refractivity contribution < 1.29 is 31.9 Å². The number of aromatic hydroxyl groups is 1. The van der Waals surface area contributed by atoms with Gasteiger partial charge in [-0.1, -0.05) is 24.8 Å². The number of para-hydroxylation sites is 1. The number of piperazine rings is 1. The predicted molar refractivity (Wildman–Crippen MR) is 157 cm³/mol. The van der Waals surface area contributed by atoms with Crippen LogP contribution in [0.25, 0.3) is 28.0 Å². The molecule has 2 aromatic carbocycles.